The second kappa shape index (κ2) is 26.1. The number of nitrogens with zero attached hydrogens (tertiary/aromatic N) is 2. The summed E-state index contributed by atoms with van der Waals surface area (Å²) in [4.78, 5) is 16.6. The lowest BCUT2D eigenvalue weighted by Crippen LogP contribution is -1.87. The molecule has 0 aromatic heterocycles. The lowest BCUT2D eigenvalue weighted by Gasteiger charge is -1.87. The summed E-state index contributed by atoms with van der Waals surface area (Å²) in [6, 6.07) is 24.0. The van der Waals surface area contributed by atoms with Crippen LogP contribution in [-0.2, 0) is 9.47 Å². The number of benzene rings is 2. The SMILES string of the molecule is COCOC.C[N+](=O)[O-].C[N+](=O)[O-].c1ccccc1.c1ccccc1. The molecular formula is C17H26N2O6. The lowest BCUT2D eigenvalue weighted by atomic mass is 10.4. The van der Waals surface area contributed by atoms with E-state index in [1.165, 1.54) is 0 Å². The van der Waals surface area contributed by atoms with Crippen molar-refractivity contribution in [1.29, 1.82) is 0 Å². The molecule has 0 heterocycles. The molecule has 8 heteroatoms. The van der Waals surface area contributed by atoms with Gasteiger partial charge in [0.25, 0.3) is 0 Å². The van der Waals surface area contributed by atoms with E-state index in [1.54, 1.807) is 14.2 Å². The minimum absolute atomic E-state index is 0.389. The predicted molar refractivity (Wildman–Crippen MR) is 97.6 cm³/mol. The molecule has 8 nitrogen and oxygen atoms in total. The minimum atomic E-state index is -0.500. The number of ether oxygens (including phenoxy) is 2. The topological polar surface area (TPSA) is 105 Å². The predicted octanol–water partition coefficient (Wildman–Crippen LogP) is 3.40. The van der Waals surface area contributed by atoms with E-state index in [-0.39, 0.29) is 0 Å². The van der Waals surface area contributed by atoms with E-state index in [1.807, 2.05) is 72.8 Å². The van der Waals surface area contributed by atoms with E-state index >= 15 is 0 Å². The van der Waals surface area contributed by atoms with E-state index < -0.39 is 9.85 Å². The fourth-order valence-corrected chi connectivity index (χ4v) is 0.888. The van der Waals surface area contributed by atoms with Crippen LogP contribution >= 0.6 is 0 Å². The first-order chi connectivity index (χ1) is 11.9. The summed E-state index contributed by atoms with van der Waals surface area (Å²) in [5, 5.41) is 17.6. The van der Waals surface area contributed by atoms with Crippen molar-refractivity contribution in [3.63, 3.8) is 0 Å². The van der Waals surface area contributed by atoms with Crippen LogP contribution in [0.4, 0.5) is 0 Å². The van der Waals surface area contributed by atoms with Gasteiger partial charge in [-0.25, -0.2) is 0 Å². The molecule has 140 valence electrons. The van der Waals surface area contributed by atoms with Gasteiger partial charge in [0.15, 0.2) is 14.1 Å². The summed E-state index contributed by atoms with van der Waals surface area (Å²) in [7, 11) is 4.95. The fraction of sp³-hybridized carbons (Fsp3) is 0.294. The smallest absolute Gasteiger partial charge is 0.194 e. The maximum atomic E-state index is 8.81. The van der Waals surface area contributed by atoms with Crippen LogP contribution in [-0.4, -0.2) is 45.0 Å². The Bertz CT molecular complexity index is 376. The molecule has 2 rings (SSSR count). The maximum Gasteiger partial charge on any atom is 0.194 e. The summed E-state index contributed by atoms with van der Waals surface area (Å²) in [6.45, 7) is 0.389. The van der Waals surface area contributed by atoms with Crippen molar-refractivity contribution in [3.05, 3.63) is 93.0 Å². The zero-order valence-electron chi connectivity index (χ0n) is 15.0. The van der Waals surface area contributed by atoms with Gasteiger partial charge in [0.2, 0.25) is 0 Å². The molecule has 0 saturated heterocycles. The normalized spacial score (nSPS) is 7.52. The summed E-state index contributed by atoms with van der Waals surface area (Å²) >= 11 is 0. The number of nitro groups is 2. The van der Waals surface area contributed by atoms with Crippen LogP contribution in [0.1, 0.15) is 0 Å². The van der Waals surface area contributed by atoms with Gasteiger partial charge in [0.05, 0.1) is 0 Å². The van der Waals surface area contributed by atoms with Crippen molar-refractivity contribution in [1.82, 2.24) is 0 Å². The van der Waals surface area contributed by atoms with Crippen LogP contribution in [0.15, 0.2) is 72.8 Å². The van der Waals surface area contributed by atoms with Crippen molar-refractivity contribution in [2.24, 2.45) is 0 Å². The van der Waals surface area contributed by atoms with Crippen molar-refractivity contribution >= 4 is 0 Å². The van der Waals surface area contributed by atoms with Crippen LogP contribution in [0.25, 0.3) is 0 Å². The average Bonchev–Trinajstić information content (AvgIpc) is 2.59. The van der Waals surface area contributed by atoms with Gasteiger partial charge in [0, 0.05) is 24.1 Å². The zero-order chi connectivity index (χ0) is 19.8. The van der Waals surface area contributed by atoms with Crippen molar-refractivity contribution in [2.75, 3.05) is 35.1 Å². The molecule has 0 atom stereocenters. The third-order valence-corrected chi connectivity index (χ3v) is 1.57. The van der Waals surface area contributed by atoms with Gasteiger partial charge in [0.1, 0.15) is 6.79 Å². The summed E-state index contributed by atoms with van der Waals surface area (Å²) < 4.78 is 8.94. The molecule has 0 amide bonds. The molecule has 0 N–H and O–H groups in total. The average molecular weight is 354 g/mol. The van der Waals surface area contributed by atoms with Crippen LogP contribution in [0.2, 0.25) is 0 Å². The first kappa shape index (κ1) is 27.0. The van der Waals surface area contributed by atoms with Crippen LogP contribution in [0.3, 0.4) is 0 Å². The summed E-state index contributed by atoms with van der Waals surface area (Å²) in [6.07, 6.45) is 0. The second-order valence-electron chi connectivity index (χ2n) is 3.88. The van der Waals surface area contributed by atoms with E-state index in [9.17, 15) is 0 Å². The van der Waals surface area contributed by atoms with Gasteiger partial charge in [-0.05, 0) is 0 Å². The molecule has 0 spiro atoms. The Morgan fingerprint density at radius 2 is 0.720 bits per heavy atom. The molecule has 0 bridgehead atoms. The van der Waals surface area contributed by atoms with Crippen LogP contribution < -0.4 is 0 Å². The summed E-state index contributed by atoms with van der Waals surface area (Å²) in [5.74, 6) is 0. The zero-order valence-corrected chi connectivity index (χ0v) is 15.0. The molecule has 0 aliphatic rings. The third kappa shape index (κ3) is 62.4. The van der Waals surface area contributed by atoms with E-state index in [4.69, 9.17) is 20.2 Å². The quantitative estimate of drug-likeness (QED) is 0.465. The molecule has 0 radical (unpaired) electrons. The van der Waals surface area contributed by atoms with Gasteiger partial charge >= 0.3 is 0 Å². The Labute approximate surface area is 148 Å². The monoisotopic (exact) mass is 354 g/mol. The van der Waals surface area contributed by atoms with Gasteiger partial charge in [-0.2, -0.15) is 0 Å². The minimum Gasteiger partial charge on any atom is -0.359 e. The Kier molecular flexibility index (Phi) is 28.2. The van der Waals surface area contributed by atoms with Crippen LogP contribution in [0, 0.1) is 20.2 Å². The van der Waals surface area contributed by atoms with Crippen molar-refractivity contribution in [3.8, 4) is 0 Å². The Morgan fingerprint density at radius 3 is 0.760 bits per heavy atom. The molecular weight excluding hydrogens is 328 g/mol. The van der Waals surface area contributed by atoms with Gasteiger partial charge < -0.3 is 9.47 Å². The van der Waals surface area contributed by atoms with Gasteiger partial charge in [-0.1, -0.05) is 72.8 Å². The lowest BCUT2D eigenvalue weighted by molar-refractivity contribution is -0.445. The first-order valence-electron chi connectivity index (χ1n) is 7.02. The number of rotatable bonds is 2. The van der Waals surface area contributed by atoms with Crippen LogP contribution in [0.5, 0.6) is 0 Å². The Morgan fingerprint density at radius 1 is 0.600 bits per heavy atom. The molecule has 0 aliphatic carbocycles. The molecule has 25 heavy (non-hydrogen) atoms. The highest BCUT2D eigenvalue weighted by Crippen LogP contribution is 1.80. The number of methoxy groups -OCH3 is 2. The maximum absolute atomic E-state index is 8.81. The Hall–Kier alpha value is -2.84. The Balaban J connectivity index is -0.000000246. The van der Waals surface area contributed by atoms with Crippen molar-refractivity contribution in [2.45, 2.75) is 0 Å². The molecule has 0 unspecified atom stereocenters. The highest BCUT2D eigenvalue weighted by Gasteiger charge is 1.63. The molecule has 0 fully saturated rings. The summed E-state index contributed by atoms with van der Waals surface area (Å²) in [5.41, 5.74) is 0. The first-order valence-corrected chi connectivity index (χ1v) is 7.02. The highest BCUT2D eigenvalue weighted by atomic mass is 16.6. The molecule has 2 aromatic carbocycles. The fourth-order valence-electron chi connectivity index (χ4n) is 0.888. The molecule has 2 aromatic rings. The van der Waals surface area contributed by atoms with Gasteiger partial charge in [-0.3, -0.25) is 20.2 Å². The molecule has 0 aliphatic heterocycles. The third-order valence-electron chi connectivity index (χ3n) is 1.57. The second-order valence-corrected chi connectivity index (χ2v) is 3.88. The number of hydrogen-bond donors (Lipinski definition) is 0. The van der Waals surface area contributed by atoms with E-state index in [2.05, 4.69) is 9.47 Å². The van der Waals surface area contributed by atoms with E-state index in [0.717, 1.165) is 14.1 Å². The van der Waals surface area contributed by atoms with E-state index in [0.29, 0.717) is 6.79 Å². The highest BCUT2D eigenvalue weighted by molar-refractivity contribution is 4.99. The van der Waals surface area contributed by atoms with Gasteiger partial charge in [-0.15, -0.1) is 0 Å². The standard InChI is InChI=1S/2C6H6.C3H8O2.2CH3NO2/c2*1-2-4-6-5-3-1;1-4-3-5-2;2*1-2(3)4/h2*1-6H;3H2,1-2H3;2*1H3. The largest absolute Gasteiger partial charge is 0.359 e. The van der Waals surface area contributed by atoms with Crippen molar-refractivity contribution < 1.29 is 19.3 Å². The molecule has 0 saturated carbocycles. The number of hydrogen-bond acceptors (Lipinski definition) is 6.